The number of hydrogen-bond donors (Lipinski definition) is 1. The Morgan fingerprint density at radius 3 is 2.68 bits per heavy atom. The summed E-state index contributed by atoms with van der Waals surface area (Å²) in [5.41, 5.74) is 0.226. The molecule has 0 spiro atoms. The molecule has 0 radical (unpaired) electrons. The zero-order chi connectivity index (χ0) is 13.6. The van der Waals surface area contributed by atoms with Crippen LogP contribution in [0.15, 0.2) is 36.4 Å². The van der Waals surface area contributed by atoms with Crippen molar-refractivity contribution in [3.8, 4) is 5.75 Å². The molecule has 1 aliphatic rings. The van der Waals surface area contributed by atoms with Crippen LogP contribution in [0.2, 0.25) is 0 Å². The summed E-state index contributed by atoms with van der Waals surface area (Å²) in [6.07, 6.45) is -3.89. The fourth-order valence-corrected chi connectivity index (χ4v) is 2.23. The summed E-state index contributed by atoms with van der Waals surface area (Å²) in [5, 5.41) is 11.0. The third-order valence-corrected chi connectivity index (χ3v) is 3.21. The number of hydrogen-bond acceptors (Lipinski definition) is 3. The molecule has 0 aliphatic carbocycles. The molecule has 0 fully saturated rings. The van der Waals surface area contributed by atoms with Crippen molar-refractivity contribution >= 4 is 16.6 Å². The number of carbonyl (C=O) groups excluding carboxylic acids is 1. The Balaban J connectivity index is 2.24. The zero-order valence-corrected chi connectivity index (χ0v) is 9.77. The minimum absolute atomic E-state index is 0.0251. The van der Waals surface area contributed by atoms with Crippen LogP contribution in [0.4, 0.5) is 8.78 Å². The van der Waals surface area contributed by atoms with E-state index in [1.54, 1.807) is 30.3 Å². The molecule has 1 heterocycles. The molecule has 2 aromatic rings. The molecule has 1 aliphatic heterocycles. The van der Waals surface area contributed by atoms with Crippen LogP contribution in [0.25, 0.3) is 10.8 Å². The van der Waals surface area contributed by atoms with Gasteiger partial charge in [0.25, 0.3) is 5.79 Å². The molecule has 0 bridgehead atoms. The number of carbonyl (C=O) groups is 1. The van der Waals surface area contributed by atoms with E-state index < -0.39 is 24.4 Å². The standard InChI is InChI=1S/C14H10F2O3/c15-13(16)14(18)7-11(17)10-6-5-8-3-1-2-4-9(8)12(10)19-14/h1-6,13,18H,7H2/t14-/m0/s1. The van der Waals surface area contributed by atoms with Crippen molar-refractivity contribution in [3.05, 3.63) is 42.0 Å². The Kier molecular flexibility index (Phi) is 2.53. The molecule has 3 nitrogen and oxygen atoms in total. The van der Waals surface area contributed by atoms with Gasteiger partial charge in [0, 0.05) is 5.39 Å². The minimum atomic E-state index is -3.15. The highest BCUT2D eigenvalue weighted by atomic mass is 19.3. The van der Waals surface area contributed by atoms with Crippen molar-refractivity contribution < 1.29 is 23.4 Å². The third kappa shape index (κ3) is 1.77. The van der Waals surface area contributed by atoms with Crippen molar-refractivity contribution in [3.63, 3.8) is 0 Å². The highest BCUT2D eigenvalue weighted by Crippen LogP contribution is 2.39. The predicted octanol–water partition coefficient (Wildman–Crippen LogP) is 2.76. The summed E-state index contributed by atoms with van der Waals surface area (Å²) in [6, 6.07) is 10.2. The summed E-state index contributed by atoms with van der Waals surface area (Å²) in [4.78, 5) is 11.9. The lowest BCUT2D eigenvalue weighted by atomic mass is 9.95. The number of rotatable bonds is 1. The maximum absolute atomic E-state index is 12.8. The molecule has 0 amide bonds. The summed E-state index contributed by atoms with van der Waals surface area (Å²) in [7, 11) is 0. The van der Waals surface area contributed by atoms with Gasteiger partial charge < -0.3 is 9.84 Å². The van der Waals surface area contributed by atoms with Crippen LogP contribution >= 0.6 is 0 Å². The average Bonchev–Trinajstić information content (AvgIpc) is 2.38. The lowest BCUT2D eigenvalue weighted by Crippen LogP contribution is -2.48. The smallest absolute Gasteiger partial charge is 0.302 e. The minimum Gasteiger partial charge on any atom is -0.454 e. The second-order valence-electron chi connectivity index (χ2n) is 4.51. The molecule has 0 aromatic heterocycles. The lowest BCUT2D eigenvalue weighted by molar-refractivity contribution is -0.219. The molecule has 1 atom stereocenters. The topological polar surface area (TPSA) is 46.5 Å². The number of Topliss-reactive ketones (excluding diaryl/α,β-unsaturated/α-hetero) is 1. The van der Waals surface area contributed by atoms with E-state index in [2.05, 4.69) is 0 Å². The monoisotopic (exact) mass is 264 g/mol. The first-order chi connectivity index (χ1) is 9.01. The van der Waals surface area contributed by atoms with Gasteiger partial charge in [-0.3, -0.25) is 4.79 Å². The van der Waals surface area contributed by atoms with E-state index in [0.717, 1.165) is 5.39 Å². The van der Waals surface area contributed by atoms with Gasteiger partial charge in [0.2, 0.25) is 0 Å². The second-order valence-corrected chi connectivity index (χ2v) is 4.51. The number of fused-ring (bicyclic) bond motifs is 3. The van der Waals surface area contributed by atoms with Crippen LogP contribution in [0.5, 0.6) is 5.75 Å². The Bertz CT molecular complexity index is 669. The van der Waals surface area contributed by atoms with Crippen molar-refractivity contribution in [2.24, 2.45) is 0 Å². The summed E-state index contributed by atoms with van der Waals surface area (Å²) >= 11 is 0. The maximum atomic E-state index is 12.8. The number of halogens is 2. The molecule has 5 heteroatoms. The highest BCUT2D eigenvalue weighted by molar-refractivity contribution is 6.06. The fourth-order valence-electron chi connectivity index (χ4n) is 2.23. The van der Waals surface area contributed by atoms with E-state index in [1.807, 2.05) is 0 Å². The molecule has 0 saturated carbocycles. The summed E-state index contributed by atoms with van der Waals surface area (Å²) in [5.74, 6) is -3.26. The van der Waals surface area contributed by atoms with Gasteiger partial charge in [-0.25, -0.2) is 8.78 Å². The first-order valence-corrected chi connectivity index (χ1v) is 5.76. The molecule has 0 saturated heterocycles. The number of alkyl halides is 2. The van der Waals surface area contributed by atoms with E-state index in [9.17, 15) is 18.7 Å². The van der Waals surface area contributed by atoms with Crippen LogP contribution < -0.4 is 4.74 Å². The van der Waals surface area contributed by atoms with Gasteiger partial charge in [-0.15, -0.1) is 0 Å². The van der Waals surface area contributed by atoms with Crippen molar-refractivity contribution in [2.45, 2.75) is 18.6 Å². The molecule has 2 aromatic carbocycles. The molecule has 98 valence electrons. The Morgan fingerprint density at radius 2 is 1.95 bits per heavy atom. The first kappa shape index (κ1) is 12.0. The highest BCUT2D eigenvalue weighted by Gasteiger charge is 2.47. The van der Waals surface area contributed by atoms with Gasteiger partial charge in [-0.1, -0.05) is 30.3 Å². The zero-order valence-electron chi connectivity index (χ0n) is 9.77. The molecule has 0 unspecified atom stereocenters. The van der Waals surface area contributed by atoms with E-state index in [4.69, 9.17) is 4.74 Å². The Labute approximate surface area is 107 Å². The number of aliphatic hydroxyl groups is 1. The van der Waals surface area contributed by atoms with E-state index in [1.165, 1.54) is 6.07 Å². The fraction of sp³-hybridized carbons (Fsp3) is 0.214. The molecule has 3 rings (SSSR count). The van der Waals surface area contributed by atoms with Gasteiger partial charge >= 0.3 is 6.43 Å². The second kappa shape index (κ2) is 3.99. The van der Waals surface area contributed by atoms with E-state index in [0.29, 0.717) is 5.39 Å². The van der Waals surface area contributed by atoms with Crippen molar-refractivity contribution in [1.29, 1.82) is 0 Å². The lowest BCUT2D eigenvalue weighted by Gasteiger charge is -2.32. The molecular weight excluding hydrogens is 254 g/mol. The molecule has 19 heavy (non-hydrogen) atoms. The van der Waals surface area contributed by atoms with E-state index >= 15 is 0 Å². The molecule has 1 N–H and O–H groups in total. The summed E-state index contributed by atoms with van der Waals surface area (Å²) < 4.78 is 30.7. The predicted molar refractivity (Wildman–Crippen MR) is 64.5 cm³/mol. The largest absolute Gasteiger partial charge is 0.454 e. The van der Waals surface area contributed by atoms with Crippen LogP contribution in [0.1, 0.15) is 16.8 Å². The maximum Gasteiger partial charge on any atom is 0.302 e. The first-order valence-electron chi connectivity index (χ1n) is 5.76. The van der Waals surface area contributed by atoms with Gasteiger partial charge in [0.1, 0.15) is 5.75 Å². The van der Waals surface area contributed by atoms with Gasteiger partial charge in [0.15, 0.2) is 5.78 Å². The van der Waals surface area contributed by atoms with Gasteiger partial charge in [-0.2, -0.15) is 0 Å². The average molecular weight is 264 g/mol. The van der Waals surface area contributed by atoms with E-state index in [-0.39, 0.29) is 11.3 Å². The Morgan fingerprint density at radius 1 is 1.21 bits per heavy atom. The Hall–Kier alpha value is -2.01. The summed E-state index contributed by atoms with van der Waals surface area (Å²) in [6.45, 7) is 0. The van der Waals surface area contributed by atoms with Crippen LogP contribution in [-0.2, 0) is 0 Å². The number of ketones is 1. The van der Waals surface area contributed by atoms with Crippen LogP contribution in [-0.4, -0.2) is 23.1 Å². The normalized spacial score (nSPS) is 22.4. The SMILES string of the molecule is O=C1C[C@@](O)(C(F)F)Oc2c1ccc1ccccc21. The van der Waals surface area contributed by atoms with Gasteiger partial charge in [-0.05, 0) is 11.5 Å². The molecular formula is C14H10F2O3. The number of benzene rings is 2. The quantitative estimate of drug-likeness (QED) is 0.861. The van der Waals surface area contributed by atoms with Crippen LogP contribution in [0.3, 0.4) is 0 Å². The van der Waals surface area contributed by atoms with Crippen LogP contribution in [0, 0.1) is 0 Å². The van der Waals surface area contributed by atoms with Crippen molar-refractivity contribution in [2.75, 3.05) is 0 Å². The number of ether oxygens (including phenoxy) is 1. The third-order valence-electron chi connectivity index (χ3n) is 3.21. The van der Waals surface area contributed by atoms with Crippen molar-refractivity contribution in [1.82, 2.24) is 0 Å². The van der Waals surface area contributed by atoms with Gasteiger partial charge in [0.05, 0.1) is 12.0 Å².